The fourth-order valence-corrected chi connectivity index (χ4v) is 5.90. The summed E-state index contributed by atoms with van der Waals surface area (Å²) in [5, 5.41) is 13.5. The molecule has 2 heterocycles. The monoisotopic (exact) mass is 747 g/mol. The van der Waals surface area contributed by atoms with Crippen molar-refractivity contribution in [3.8, 4) is 5.75 Å². The minimum Gasteiger partial charge on any atom is -0.506 e. The normalized spacial score (nSPS) is 17.0. The molecule has 0 radical (unpaired) electrons. The maximum atomic E-state index is 13.6. The van der Waals surface area contributed by atoms with E-state index in [4.69, 9.17) is 37.4 Å². The number of anilines is 1. The Morgan fingerprint density at radius 1 is 0.980 bits per heavy atom. The summed E-state index contributed by atoms with van der Waals surface area (Å²) in [5.41, 5.74) is -0.753. The molecule has 0 aliphatic carbocycles. The van der Waals surface area contributed by atoms with Gasteiger partial charge in [0.15, 0.2) is 0 Å². The number of carbonyl (C=O) groups excluding carboxylic acids is 5. The van der Waals surface area contributed by atoms with E-state index in [2.05, 4.69) is 10.3 Å². The van der Waals surface area contributed by atoms with E-state index in [9.17, 15) is 29.1 Å². The van der Waals surface area contributed by atoms with Gasteiger partial charge >= 0.3 is 18.2 Å². The van der Waals surface area contributed by atoms with Crippen LogP contribution in [0.3, 0.4) is 0 Å². The lowest BCUT2D eigenvalue weighted by Crippen LogP contribution is -2.44. The predicted molar refractivity (Wildman–Crippen MR) is 190 cm³/mol. The van der Waals surface area contributed by atoms with Gasteiger partial charge in [-0.3, -0.25) is 14.4 Å². The molecule has 51 heavy (non-hydrogen) atoms. The number of carbonyl (C=O) groups is 5. The molecule has 2 atom stereocenters. The van der Waals surface area contributed by atoms with Crippen LogP contribution in [0.1, 0.15) is 72.9 Å². The first-order valence-corrected chi connectivity index (χ1v) is 17.2. The number of hydrogen-bond acceptors (Lipinski definition) is 10. The molecule has 0 bridgehead atoms. The Hall–Kier alpha value is -4.56. The van der Waals surface area contributed by atoms with Gasteiger partial charge in [-0.25, -0.2) is 24.4 Å². The number of phenolic OH excluding ortho intramolecular Hbond substituents is 1. The molecule has 2 saturated heterocycles. The average Bonchev–Trinajstić information content (AvgIpc) is 3.61. The Morgan fingerprint density at radius 3 is 2.16 bits per heavy atom. The summed E-state index contributed by atoms with van der Waals surface area (Å²) in [7, 11) is 0. The summed E-state index contributed by atoms with van der Waals surface area (Å²) in [6.45, 7) is 12.3. The highest BCUT2D eigenvalue weighted by molar-refractivity contribution is 6.35. The summed E-state index contributed by atoms with van der Waals surface area (Å²) in [4.78, 5) is 74.1. The fraction of sp³-hybridized carbons (Fsp3) is 0.486. The molecule has 14 nitrogen and oxygen atoms in total. The second-order valence-corrected chi connectivity index (χ2v) is 14.8. The number of ether oxygens (including phenoxy) is 3. The molecule has 4 rings (SSSR count). The highest BCUT2D eigenvalue weighted by Gasteiger charge is 2.40. The van der Waals surface area contributed by atoms with Crippen molar-refractivity contribution in [1.82, 2.24) is 15.1 Å². The molecule has 2 fully saturated rings. The van der Waals surface area contributed by atoms with Crippen LogP contribution in [0.5, 0.6) is 5.75 Å². The van der Waals surface area contributed by atoms with Gasteiger partial charge in [-0.2, -0.15) is 0 Å². The van der Waals surface area contributed by atoms with Gasteiger partial charge in [0.25, 0.3) is 0 Å². The third-order valence-corrected chi connectivity index (χ3v) is 8.06. The van der Waals surface area contributed by atoms with Gasteiger partial charge in [-0.1, -0.05) is 29.3 Å². The van der Waals surface area contributed by atoms with Crippen LogP contribution in [0.15, 0.2) is 41.4 Å². The smallest absolute Gasteiger partial charge is 0.417 e. The molecule has 16 heteroatoms. The first-order chi connectivity index (χ1) is 23.8. The average molecular weight is 749 g/mol. The van der Waals surface area contributed by atoms with Crippen molar-refractivity contribution in [2.45, 2.75) is 78.6 Å². The Bertz CT molecular complexity index is 1680. The maximum Gasteiger partial charge on any atom is 0.417 e. The molecule has 2 aliphatic heterocycles. The molecule has 2 aromatic carbocycles. The van der Waals surface area contributed by atoms with E-state index in [1.807, 2.05) is 0 Å². The number of aromatic hydroxyl groups is 1. The Labute approximate surface area is 306 Å². The second kappa shape index (κ2) is 15.8. The van der Waals surface area contributed by atoms with Crippen LogP contribution in [-0.4, -0.2) is 88.3 Å². The zero-order valence-electron chi connectivity index (χ0n) is 29.6. The maximum absolute atomic E-state index is 13.6. The molecule has 4 amide bonds. The zero-order chi connectivity index (χ0) is 37.8. The SMILES string of the molecule is CCOC(=O)CC(NC(=O)C1CC(=O)N(c2cccc(N=C3N(C(=O)OC(C)(C)C)CCN3C(=O)OC(C)(C)C)c2)C1)c1cc(Cl)cc(Cl)c1O. The van der Waals surface area contributed by atoms with E-state index in [1.165, 1.54) is 26.8 Å². The molecule has 0 aromatic heterocycles. The largest absolute Gasteiger partial charge is 0.506 e. The Morgan fingerprint density at radius 2 is 1.59 bits per heavy atom. The number of nitrogens with one attached hydrogen (secondary N) is 1. The first-order valence-electron chi connectivity index (χ1n) is 16.4. The van der Waals surface area contributed by atoms with Crippen molar-refractivity contribution in [2.75, 3.05) is 31.1 Å². The number of halogens is 2. The van der Waals surface area contributed by atoms with Crippen molar-refractivity contribution in [1.29, 1.82) is 0 Å². The predicted octanol–water partition coefficient (Wildman–Crippen LogP) is 6.34. The quantitative estimate of drug-likeness (QED) is 0.231. The summed E-state index contributed by atoms with van der Waals surface area (Å²) in [6.07, 6.45) is -1.85. The molecule has 0 saturated carbocycles. The van der Waals surface area contributed by atoms with Gasteiger partial charge < -0.3 is 29.5 Å². The number of esters is 1. The number of aliphatic imine (C=N–C) groups is 1. The summed E-state index contributed by atoms with van der Waals surface area (Å²) >= 11 is 12.3. The first kappa shape index (κ1) is 39.2. The third kappa shape index (κ3) is 10.3. The van der Waals surface area contributed by atoms with Crippen molar-refractivity contribution in [3.63, 3.8) is 0 Å². The van der Waals surface area contributed by atoms with Crippen molar-refractivity contribution >= 4 is 70.5 Å². The van der Waals surface area contributed by atoms with Gasteiger partial charge in [0, 0.05) is 29.2 Å². The number of amides is 4. The molecule has 2 N–H and O–H groups in total. The number of rotatable bonds is 8. The summed E-state index contributed by atoms with van der Waals surface area (Å²) < 4.78 is 16.2. The van der Waals surface area contributed by atoms with Crippen molar-refractivity contribution in [2.24, 2.45) is 10.9 Å². The molecule has 2 aliphatic rings. The van der Waals surface area contributed by atoms with E-state index >= 15 is 0 Å². The third-order valence-electron chi connectivity index (χ3n) is 7.55. The lowest BCUT2D eigenvalue weighted by atomic mass is 10.0. The van der Waals surface area contributed by atoms with Gasteiger partial charge in [0.2, 0.25) is 17.8 Å². The molecular weight excluding hydrogens is 705 g/mol. The molecule has 276 valence electrons. The van der Waals surface area contributed by atoms with E-state index in [0.29, 0.717) is 11.4 Å². The van der Waals surface area contributed by atoms with Gasteiger partial charge in [-0.05, 0) is 78.8 Å². The van der Waals surface area contributed by atoms with Crippen LogP contribution in [0.4, 0.5) is 21.0 Å². The molecule has 2 unspecified atom stereocenters. The Balaban J connectivity index is 1.58. The fourth-order valence-electron chi connectivity index (χ4n) is 5.39. The van der Waals surface area contributed by atoms with Crippen LogP contribution in [0.25, 0.3) is 0 Å². The van der Waals surface area contributed by atoms with Crippen LogP contribution < -0.4 is 10.2 Å². The minimum absolute atomic E-state index is 0.00216. The lowest BCUT2D eigenvalue weighted by Gasteiger charge is -2.27. The highest BCUT2D eigenvalue weighted by Crippen LogP contribution is 2.37. The molecular formula is C35H43Cl2N5O9. The highest BCUT2D eigenvalue weighted by atomic mass is 35.5. The van der Waals surface area contributed by atoms with Crippen LogP contribution >= 0.6 is 23.2 Å². The van der Waals surface area contributed by atoms with Gasteiger partial charge in [0.1, 0.15) is 17.0 Å². The van der Waals surface area contributed by atoms with E-state index in [1.54, 1.807) is 72.7 Å². The van der Waals surface area contributed by atoms with Crippen LogP contribution in [0.2, 0.25) is 10.0 Å². The molecule has 0 spiro atoms. The van der Waals surface area contributed by atoms with Gasteiger partial charge in [-0.15, -0.1) is 0 Å². The van der Waals surface area contributed by atoms with Crippen molar-refractivity contribution in [3.05, 3.63) is 52.0 Å². The topological polar surface area (TPSA) is 167 Å². The number of phenols is 1. The number of nitrogens with zero attached hydrogens (tertiary/aromatic N) is 4. The zero-order valence-corrected chi connectivity index (χ0v) is 31.1. The second-order valence-electron chi connectivity index (χ2n) is 14.0. The number of guanidine groups is 1. The van der Waals surface area contributed by atoms with Crippen molar-refractivity contribution < 1.29 is 43.3 Å². The van der Waals surface area contributed by atoms with E-state index in [-0.39, 0.29) is 72.3 Å². The van der Waals surface area contributed by atoms with Crippen LogP contribution in [-0.2, 0) is 28.6 Å². The van der Waals surface area contributed by atoms with E-state index in [0.717, 1.165) is 0 Å². The standard InChI is InChI=1S/C35H43Cl2N5O9/c1-8-49-28(44)18-26(24-15-21(36)16-25(37)29(24)45)39-30(46)20-14-27(43)42(19-20)23-11-9-10-22(17-23)38-31-40(32(47)50-34(2,3)4)12-13-41(31)33(48)51-35(5,6)7/h9-11,15-17,20,26,45H,8,12-14,18-19H2,1-7H3,(H,39,46). The number of hydrogen-bond donors (Lipinski definition) is 2. The molecule has 2 aromatic rings. The summed E-state index contributed by atoms with van der Waals surface area (Å²) in [6, 6.07) is 8.23. The lowest BCUT2D eigenvalue weighted by molar-refractivity contribution is -0.144. The minimum atomic E-state index is -1.05. The Kier molecular flexibility index (Phi) is 12.1. The van der Waals surface area contributed by atoms with Crippen LogP contribution in [0, 0.1) is 5.92 Å². The van der Waals surface area contributed by atoms with E-state index < -0.39 is 47.2 Å². The van der Waals surface area contributed by atoms with Gasteiger partial charge in [0.05, 0.1) is 48.8 Å². The number of benzene rings is 2. The summed E-state index contributed by atoms with van der Waals surface area (Å²) in [5.74, 6) is -2.69.